The van der Waals surface area contributed by atoms with Gasteiger partial charge < -0.3 is 24.4 Å². The molecule has 1 N–H and O–H groups in total. The number of aliphatic hydroxyl groups is 1. The molecular formula is C31H39N3O4. The predicted molar refractivity (Wildman–Crippen MR) is 151 cm³/mol. The largest absolute Gasteiger partial charge is 0.488 e. The summed E-state index contributed by atoms with van der Waals surface area (Å²) in [5.41, 5.74) is 2.64. The maximum atomic E-state index is 13.5. The van der Waals surface area contributed by atoms with Crippen molar-refractivity contribution in [1.29, 1.82) is 0 Å². The number of anilines is 1. The minimum absolute atomic E-state index is 0.0683. The van der Waals surface area contributed by atoms with Gasteiger partial charge in [-0.15, -0.1) is 0 Å². The summed E-state index contributed by atoms with van der Waals surface area (Å²) in [4.78, 5) is 19.5. The van der Waals surface area contributed by atoms with Crippen LogP contribution in [0.25, 0.3) is 0 Å². The molecule has 0 aromatic heterocycles. The summed E-state index contributed by atoms with van der Waals surface area (Å²) in [7, 11) is 5.98. The van der Waals surface area contributed by atoms with Gasteiger partial charge >= 0.3 is 0 Å². The molecule has 4 rings (SSSR count). The third-order valence-electron chi connectivity index (χ3n) is 7.01. The number of rotatable bonds is 9. The van der Waals surface area contributed by atoms with E-state index in [1.54, 1.807) is 4.90 Å². The van der Waals surface area contributed by atoms with Crippen molar-refractivity contribution in [2.45, 2.75) is 32.5 Å². The molecule has 202 valence electrons. The Kier molecular flexibility index (Phi) is 8.92. The SMILES string of the molecule is C[C@H]1CN([C@@H](C)CO)C(=O)c2cc(N(C)C)ccc2O[C@H]1CN(C)Cc1ccc(Oc2ccccc2)cc1. The Morgan fingerprint density at radius 1 is 1.03 bits per heavy atom. The number of para-hydroxylation sites is 1. The molecule has 7 heteroatoms. The van der Waals surface area contributed by atoms with E-state index in [4.69, 9.17) is 9.47 Å². The van der Waals surface area contributed by atoms with Crippen molar-refractivity contribution in [3.8, 4) is 17.2 Å². The van der Waals surface area contributed by atoms with Crippen LogP contribution in [0, 0.1) is 5.92 Å². The second kappa shape index (κ2) is 12.3. The van der Waals surface area contributed by atoms with Crippen LogP contribution in [0.2, 0.25) is 0 Å². The highest BCUT2D eigenvalue weighted by atomic mass is 16.5. The van der Waals surface area contributed by atoms with Crippen molar-refractivity contribution >= 4 is 11.6 Å². The minimum atomic E-state index is -0.283. The highest BCUT2D eigenvalue weighted by molar-refractivity contribution is 5.98. The molecule has 0 bridgehead atoms. The first-order valence-corrected chi connectivity index (χ1v) is 13.2. The molecular weight excluding hydrogens is 478 g/mol. The van der Waals surface area contributed by atoms with Crippen LogP contribution >= 0.6 is 0 Å². The second-order valence-electron chi connectivity index (χ2n) is 10.5. The van der Waals surface area contributed by atoms with Crippen LogP contribution in [-0.4, -0.2) is 73.8 Å². The molecule has 0 spiro atoms. The maximum absolute atomic E-state index is 13.5. The first-order valence-electron chi connectivity index (χ1n) is 13.2. The van der Waals surface area contributed by atoms with E-state index in [1.165, 1.54) is 5.56 Å². The molecule has 3 aromatic rings. The van der Waals surface area contributed by atoms with Crippen molar-refractivity contribution < 1.29 is 19.4 Å². The molecule has 3 aromatic carbocycles. The number of carbonyl (C=O) groups is 1. The fourth-order valence-corrected chi connectivity index (χ4v) is 4.68. The molecule has 0 aliphatic carbocycles. The normalized spacial score (nSPS) is 18.3. The van der Waals surface area contributed by atoms with Crippen molar-refractivity contribution in [1.82, 2.24) is 9.80 Å². The van der Waals surface area contributed by atoms with Crippen LogP contribution in [-0.2, 0) is 6.54 Å². The third kappa shape index (κ3) is 6.65. The summed E-state index contributed by atoms with van der Waals surface area (Å²) < 4.78 is 12.4. The van der Waals surface area contributed by atoms with E-state index < -0.39 is 0 Å². The summed E-state index contributed by atoms with van der Waals surface area (Å²) in [5, 5.41) is 9.87. The molecule has 1 heterocycles. The number of hydrogen-bond acceptors (Lipinski definition) is 6. The molecule has 0 unspecified atom stereocenters. The molecule has 7 nitrogen and oxygen atoms in total. The van der Waals surface area contributed by atoms with Gasteiger partial charge in [-0.2, -0.15) is 0 Å². The van der Waals surface area contributed by atoms with Gasteiger partial charge in [-0.1, -0.05) is 37.3 Å². The van der Waals surface area contributed by atoms with E-state index in [0.717, 1.165) is 23.7 Å². The average molecular weight is 518 g/mol. The average Bonchev–Trinajstić information content (AvgIpc) is 2.91. The summed E-state index contributed by atoms with van der Waals surface area (Å²) in [6.45, 7) is 5.85. The van der Waals surface area contributed by atoms with E-state index in [2.05, 4.69) is 31.0 Å². The van der Waals surface area contributed by atoms with E-state index in [-0.39, 0.29) is 30.6 Å². The van der Waals surface area contributed by atoms with Gasteiger partial charge in [0.25, 0.3) is 5.91 Å². The fourth-order valence-electron chi connectivity index (χ4n) is 4.68. The number of hydrogen-bond donors (Lipinski definition) is 1. The molecule has 1 amide bonds. The summed E-state index contributed by atoms with van der Waals surface area (Å²) in [5.74, 6) is 2.16. The first kappa shape index (κ1) is 27.5. The summed E-state index contributed by atoms with van der Waals surface area (Å²) >= 11 is 0. The molecule has 3 atom stereocenters. The number of likely N-dealkylation sites (N-methyl/N-ethyl adjacent to an activating group) is 1. The monoisotopic (exact) mass is 517 g/mol. The van der Waals surface area contributed by atoms with Gasteiger partial charge in [-0.05, 0) is 62.0 Å². The lowest BCUT2D eigenvalue weighted by Gasteiger charge is -2.38. The molecule has 1 aliphatic rings. The van der Waals surface area contributed by atoms with Gasteiger partial charge in [-0.3, -0.25) is 9.69 Å². The lowest BCUT2D eigenvalue weighted by molar-refractivity contribution is 0.0341. The Bertz CT molecular complexity index is 1200. The lowest BCUT2D eigenvalue weighted by Crippen LogP contribution is -2.49. The van der Waals surface area contributed by atoms with Crippen molar-refractivity contribution in [3.63, 3.8) is 0 Å². The van der Waals surface area contributed by atoms with E-state index in [1.807, 2.05) is 86.6 Å². The number of aliphatic hydroxyl groups excluding tert-OH is 1. The van der Waals surface area contributed by atoms with Crippen molar-refractivity contribution in [2.75, 3.05) is 45.7 Å². The molecule has 0 fully saturated rings. The minimum Gasteiger partial charge on any atom is -0.488 e. The zero-order valence-corrected chi connectivity index (χ0v) is 23.0. The number of benzene rings is 3. The Hall–Kier alpha value is -3.55. The zero-order chi connectivity index (χ0) is 27.2. The highest BCUT2D eigenvalue weighted by Crippen LogP contribution is 2.31. The molecule has 0 radical (unpaired) electrons. The zero-order valence-electron chi connectivity index (χ0n) is 23.0. The van der Waals surface area contributed by atoms with Crippen molar-refractivity contribution in [2.24, 2.45) is 5.92 Å². The van der Waals surface area contributed by atoms with Gasteiger partial charge in [0.2, 0.25) is 0 Å². The predicted octanol–water partition coefficient (Wildman–Crippen LogP) is 4.90. The maximum Gasteiger partial charge on any atom is 0.258 e. The van der Waals surface area contributed by atoms with Gasteiger partial charge in [-0.25, -0.2) is 0 Å². The molecule has 0 saturated carbocycles. The van der Waals surface area contributed by atoms with Gasteiger partial charge in [0.1, 0.15) is 23.4 Å². The topological polar surface area (TPSA) is 65.5 Å². The standard InChI is InChI=1S/C31H39N3O4/c1-22-18-34(23(2)21-35)31(36)28-17-25(32(3)4)13-16-29(28)38-30(22)20-33(5)19-24-11-14-27(15-12-24)37-26-9-7-6-8-10-26/h6-17,22-23,30,35H,18-21H2,1-5H3/t22-,23-,30-/m0/s1. The Morgan fingerprint density at radius 3 is 2.37 bits per heavy atom. The number of ether oxygens (including phenoxy) is 2. The highest BCUT2D eigenvalue weighted by Gasteiger charge is 2.33. The van der Waals surface area contributed by atoms with Crippen LogP contribution in [0.15, 0.2) is 72.8 Å². The fraction of sp³-hybridized carbons (Fsp3) is 0.387. The van der Waals surface area contributed by atoms with Gasteiger partial charge in [0.05, 0.1) is 18.2 Å². The molecule has 0 saturated heterocycles. The van der Waals surface area contributed by atoms with Crippen LogP contribution in [0.4, 0.5) is 5.69 Å². The van der Waals surface area contributed by atoms with E-state index >= 15 is 0 Å². The van der Waals surface area contributed by atoms with Crippen LogP contribution in [0.5, 0.6) is 17.2 Å². The third-order valence-corrected chi connectivity index (χ3v) is 7.01. The van der Waals surface area contributed by atoms with Gasteiger partial charge in [0.15, 0.2) is 0 Å². The summed E-state index contributed by atoms with van der Waals surface area (Å²) in [6.07, 6.45) is -0.133. The van der Waals surface area contributed by atoms with Crippen LogP contribution < -0.4 is 14.4 Å². The number of fused-ring (bicyclic) bond motifs is 1. The smallest absolute Gasteiger partial charge is 0.258 e. The number of nitrogens with zero attached hydrogens (tertiary/aromatic N) is 3. The van der Waals surface area contributed by atoms with Crippen LogP contribution in [0.1, 0.15) is 29.8 Å². The molecule has 1 aliphatic heterocycles. The number of amides is 1. The second-order valence-corrected chi connectivity index (χ2v) is 10.5. The Morgan fingerprint density at radius 2 is 1.71 bits per heavy atom. The summed E-state index contributed by atoms with van der Waals surface area (Å²) in [6, 6.07) is 23.4. The Labute approximate surface area is 226 Å². The van der Waals surface area contributed by atoms with Crippen LogP contribution in [0.3, 0.4) is 0 Å². The molecule has 38 heavy (non-hydrogen) atoms. The Balaban J connectivity index is 1.49. The number of carbonyl (C=O) groups excluding carboxylic acids is 1. The quantitative estimate of drug-likeness (QED) is 0.436. The van der Waals surface area contributed by atoms with E-state index in [0.29, 0.717) is 24.4 Å². The lowest BCUT2D eigenvalue weighted by atomic mass is 9.99. The first-order chi connectivity index (χ1) is 18.2. The van der Waals surface area contributed by atoms with Crippen molar-refractivity contribution in [3.05, 3.63) is 83.9 Å². The van der Waals surface area contributed by atoms with E-state index in [9.17, 15) is 9.90 Å². The van der Waals surface area contributed by atoms with Gasteiger partial charge in [0, 0.05) is 45.3 Å².